The minimum Gasteiger partial charge on any atom is -0.459 e. The van der Waals surface area contributed by atoms with Gasteiger partial charge in [-0.05, 0) is 32.9 Å². The van der Waals surface area contributed by atoms with Crippen molar-refractivity contribution in [1.82, 2.24) is 10.6 Å². The number of rotatable bonds is 5. The molecular formula is C12H18N2O4. The maximum atomic E-state index is 11.6. The third-order valence-electron chi connectivity index (χ3n) is 2.66. The number of aliphatic hydroxyl groups is 1. The van der Waals surface area contributed by atoms with Crippen LogP contribution < -0.4 is 10.6 Å². The smallest absolute Gasteiger partial charge is 0.287 e. The normalized spacial score (nSPS) is 12.9. The zero-order valence-corrected chi connectivity index (χ0v) is 10.7. The van der Waals surface area contributed by atoms with Crippen molar-refractivity contribution in [1.29, 1.82) is 0 Å². The monoisotopic (exact) mass is 254 g/mol. The maximum Gasteiger partial charge on any atom is 0.287 e. The summed E-state index contributed by atoms with van der Waals surface area (Å²) >= 11 is 0. The van der Waals surface area contributed by atoms with Crippen molar-refractivity contribution in [2.75, 3.05) is 6.54 Å². The number of carbonyl (C=O) groups excluding carboxylic acids is 2. The van der Waals surface area contributed by atoms with Crippen LogP contribution in [0.2, 0.25) is 0 Å². The Hall–Kier alpha value is -1.82. The van der Waals surface area contributed by atoms with E-state index in [2.05, 4.69) is 10.6 Å². The Kier molecular flexibility index (Phi) is 4.49. The van der Waals surface area contributed by atoms with Gasteiger partial charge in [-0.2, -0.15) is 0 Å². The predicted octanol–water partition coefficient (Wildman–Crippen LogP) is 0.285. The van der Waals surface area contributed by atoms with Crippen LogP contribution in [0, 0.1) is 0 Å². The van der Waals surface area contributed by atoms with Crippen molar-refractivity contribution in [3.63, 3.8) is 0 Å². The Labute approximate surface area is 105 Å². The molecule has 0 aromatic carbocycles. The van der Waals surface area contributed by atoms with Gasteiger partial charge >= 0.3 is 0 Å². The van der Waals surface area contributed by atoms with Crippen LogP contribution in [-0.2, 0) is 4.79 Å². The van der Waals surface area contributed by atoms with E-state index in [0.717, 1.165) is 0 Å². The molecule has 1 aromatic rings. The van der Waals surface area contributed by atoms with Gasteiger partial charge in [-0.3, -0.25) is 9.59 Å². The van der Waals surface area contributed by atoms with E-state index >= 15 is 0 Å². The zero-order valence-electron chi connectivity index (χ0n) is 10.7. The summed E-state index contributed by atoms with van der Waals surface area (Å²) in [4.78, 5) is 23.0. The molecule has 0 saturated heterocycles. The molecule has 3 N–H and O–H groups in total. The summed E-state index contributed by atoms with van der Waals surface area (Å²) in [6.45, 7) is 4.81. The SMILES string of the molecule is CC(O)C(C)(C)NC(=O)CNC(=O)c1ccco1. The summed E-state index contributed by atoms with van der Waals surface area (Å²) in [5.41, 5.74) is -0.744. The molecule has 0 aliphatic carbocycles. The number of amides is 2. The lowest BCUT2D eigenvalue weighted by Gasteiger charge is -2.29. The predicted molar refractivity (Wildman–Crippen MR) is 64.9 cm³/mol. The van der Waals surface area contributed by atoms with Crippen molar-refractivity contribution in [2.45, 2.75) is 32.4 Å². The van der Waals surface area contributed by atoms with E-state index in [1.165, 1.54) is 12.3 Å². The minimum absolute atomic E-state index is 0.151. The molecule has 6 heteroatoms. The molecule has 0 radical (unpaired) electrons. The first-order valence-corrected chi connectivity index (χ1v) is 5.63. The van der Waals surface area contributed by atoms with E-state index in [9.17, 15) is 14.7 Å². The second-order valence-corrected chi connectivity index (χ2v) is 4.61. The molecule has 6 nitrogen and oxygen atoms in total. The summed E-state index contributed by atoms with van der Waals surface area (Å²) in [6.07, 6.45) is 0.688. The number of nitrogens with one attached hydrogen (secondary N) is 2. The summed E-state index contributed by atoms with van der Waals surface area (Å²) < 4.78 is 4.88. The summed E-state index contributed by atoms with van der Waals surface area (Å²) in [5.74, 6) is -0.677. The summed E-state index contributed by atoms with van der Waals surface area (Å²) in [7, 11) is 0. The Balaban J connectivity index is 2.40. The molecule has 0 aliphatic heterocycles. The highest BCUT2D eigenvalue weighted by Crippen LogP contribution is 2.07. The van der Waals surface area contributed by atoms with Crippen LogP contribution in [0.15, 0.2) is 22.8 Å². The maximum absolute atomic E-state index is 11.6. The number of carbonyl (C=O) groups is 2. The van der Waals surface area contributed by atoms with Gasteiger partial charge in [0, 0.05) is 0 Å². The molecule has 1 heterocycles. The minimum atomic E-state index is -0.744. The fourth-order valence-electron chi connectivity index (χ4n) is 1.16. The van der Waals surface area contributed by atoms with Gasteiger partial charge in [0.15, 0.2) is 5.76 Å². The molecule has 0 aliphatic rings. The van der Waals surface area contributed by atoms with Crippen molar-refractivity contribution in [2.24, 2.45) is 0 Å². The van der Waals surface area contributed by atoms with Gasteiger partial charge in [0.1, 0.15) is 0 Å². The van der Waals surface area contributed by atoms with Crippen LogP contribution in [-0.4, -0.2) is 35.1 Å². The molecule has 1 rings (SSSR count). The van der Waals surface area contributed by atoms with Gasteiger partial charge in [0.25, 0.3) is 5.91 Å². The molecule has 18 heavy (non-hydrogen) atoms. The van der Waals surface area contributed by atoms with Gasteiger partial charge in [0.2, 0.25) is 5.91 Å². The second kappa shape index (κ2) is 5.68. The molecule has 1 aromatic heterocycles. The first-order chi connectivity index (χ1) is 8.33. The molecule has 100 valence electrons. The van der Waals surface area contributed by atoms with E-state index in [0.29, 0.717) is 0 Å². The van der Waals surface area contributed by atoms with Crippen LogP contribution in [0.1, 0.15) is 31.3 Å². The van der Waals surface area contributed by atoms with Gasteiger partial charge in [-0.15, -0.1) is 0 Å². The fraction of sp³-hybridized carbons (Fsp3) is 0.500. The average molecular weight is 254 g/mol. The van der Waals surface area contributed by atoms with E-state index < -0.39 is 17.6 Å². The van der Waals surface area contributed by atoms with Crippen molar-refractivity contribution < 1.29 is 19.1 Å². The van der Waals surface area contributed by atoms with E-state index in [4.69, 9.17) is 4.42 Å². The lowest BCUT2D eigenvalue weighted by molar-refractivity contribution is -0.123. The Bertz CT molecular complexity index is 410. The first-order valence-electron chi connectivity index (χ1n) is 5.63. The molecule has 0 bridgehead atoms. The molecule has 0 fully saturated rings. The van der Waals surface area contributed by atoms with Crippen LogP contribution in [0.3, 0.4) is 0 Å². The Morgan fingerprint density at radius 3 is 2.67 bits per heavy atom. The van der Waals surface area contributed by atoms with Crippen LogP contribution in [0.5, 0.6) is 0 Å². The molecular weight excluding hydrogens is 236 g/mol. The standard InChI is InChI=1S/C12H18N2O4/c1-8(15)12(2,3)14-10(16)7-13-11(17)9-5-4-6-18-9/h4-6,8,15H,7H2,1-3H3,(H,13,17)(H,14,16). The van der Waals surface area contributed by atoms with Gasteiger partial charge in [0.05, 0.1) is 24.5 Å². The van der Waals surface area contributed by atoms with Gasteiger partial charge < -0.3 is 20.2 Å². The lowest BCUT2D eigenvalue weighted by atomic mass is 9.99. The second-order valence-electron chi connectivity index (χ2n) is 4.61. The molecule has 2 amide bonds. The summed E-state index contributed by atoms with van der Waals surface area (Å²) in [6, 6.07) is 3.10. The number of hydrogen-bond donors (Lipinski definition) is 3. The number of hydrogen-bond acceptors (Lipinski definition) is 4. The van der Waals surface area contributed by atoms with Crippen LogP contribution >= 0.6 is 0 Å². The topological polar surface area (TPSA) is 91.6 Å². The van der Waals surface area contributed by atoms with E-state index in [1.54, 1.807) is 26.8 Å². The molecule has 0 saturated carbocycles. The Morgan fingerprint density at radius 2 is 2.17 bits per heavy atom. The number of aliphatic hydroxyl groups excluding tert-OH is 1. The van der Waals surface area contributed by atoms with Crippen LogP contribution in [0.25, 0.3) is 0 Å². The third kappa shape index (κ3) is 3.89. The highest BCUT2D eigenvalue weighted by Gasteiger charge is 2.26. The van der Waals surface area contributed by atoms with E-state index in [1.807, 2.05) is 0 Å². The zero-order chi connectivity index (χ0) is 13.8. The molecule has 1 unspecified atom stereocenters. The first kappa shape index (κ1) is 14.2. The highest BCUT2D eigenvalue weighted by molar-refractivity contribution is 5.94. The van der Waals surface area contributed by atoms with Crippen LogP contribution in [0.4, 0.5) is 0 Å². The number of furan rings is 1. The fourth-order valence-corrected chi connectivity index (χ4v) is 1.16. The largest absolute Gasteiger partial charge is 0.459 e. The van der Waals surface area contributed by atoms with Gasteiger partial charge in [-0.1, -0.05) is 0 Å². The third-order valence-corrected chi connectivity index (χ3v) is 2.66. The summed E-state index contributed by atoms with van der Waals surface area (Å²) in [5, 5.41) is 14.5. The van der Waals surface area contributed by atoms with E-state index in [-0.39, 0.29) is 18.2 Å². The van der Waals surface area contributed by atoms with Crippen molar-refractivity contribution in [3.05, 3.63) is 24.2 Å². The van der Waals surface area contributed by atoms with Crippen molar-refractivity contribution in [3.8, 4) is 0 Å². The molecule has 1 atom stereocenters. The quantitative estimate of drug-likeness (QED) is 0.704. The van der Waals surface area contributed by atoms with Gasteiger partial charge in [-0.25, -0.2) is 0 Å². The highest BCUT2D eigenvalue weighted by atomic mass is 16.3. The van der Waals surface area contributed by atoms with Crippen molar-refractivity contribution >= 4 is 11.8 Å². The molecule has 0 spiro atoms. The Morgan fingerprint density at radius 1 is 1.50 bits per heavy atom. The average Bonchev–Trinajstić information content (AvgIpc) is 2.78. The lowest BCUT2D eigenvalue weighted by Crippen LogP contribution is -2.53.